The van der Waals surface area contributed by atoms with Gasteiger partial charge in [-0.05, 0) is 31.8 Å². The Bertz CT molecular complexity index is 264. The third-order valence-electron chi connectivity index (χ3n) is 3.72. The lowest BCUT2D eigenvalue weighted by molar-refractivity contribution is -0.0413. The van der Waals surface area contributed by atoms with Gasteiger partial charge in [-0.2, -0.15) is 0 Å². The van der Waals surface area contributed by atoms with Crippen molar-refractivity contribution < 1.29 is 9.13 Å². The van der Waals surface area contributed by atoms with Crippen LogP contribution in [0.2, 0.25) is 0 Å². The summed E-state index contributed by atoms with van der Waals surface area (Å²) in [6, 6.07) is 0. The molecule has 0 aliphatic carbocycles. The zero-order valence-corrected chi connectivity index (χ0v) is 11.2. The van der Waals surface area contributed by atoms with Crippen molar-refractivity contribution in [2.75, 3.05) is 13.3 Å². The third kappa shape index (κ3) is 3.41. The van der Waals surface area contributed by atoms with Crippen LogP contribution in [0.5, 0.6) is 0 Å². The minimum atomic E-state index is -0.298. The molecule has 2 atom stereocenters. The average molecular weight is 240 g/mol. The van der Waals surface area contributed by atoms with E-state index in [9.17, 15) is 4.39 Å². The van der Waals surface area contributed by atoms with Crippen molar-refractivity contribution in [3.63, 3.8) is 0 Å². The van der Waals surface area contributed by atoms with Crippen molar-refractivity contribution in [1.29, 1.82) is 0 Å². The lowest BCUT2D eigenvalue weighted by atomic mass is 9.77. The molecule has 98 valence electrons. The molecule has 2 unspecified atom stereocenters. The van der Waals surface area contributed by atoms with Crippen LogP contribution in [0.25, 0.3) is 0 Å². The van der Waals surface area contributed by atoms with Gasteiger partial charge >= 0.3 is 0 Å². The summed E-state index contributed by atoms with van der Waals surface area (Å²) in [7, 11) is 0. The van der Waals surface area contributed by atoms with Crippen LogP contribution < -0.4 is 0 Å². The number of hydrogen-bond donors (Lipinski definition) is 0. The van der Waals surface area contributed by atoms with Crippen LogP contribution in [0.1, 0.15) is 46.0 Å². The van der Waals surface area contributed by atoms with E-state index in [1.54, 1.807) is 0 Å². The summed E-state index contributed by atoms with van der Waals surface area (Å²) in [4.78, 5) is 0. The molecule has 0 aromatic rings. The summed E-state index contributed by atoms with van der Waals surface area (Å²) in [5, 5.41) is 0. The van der Waals surface area contributed by atoms with Gasteiger partial charge in [-0.1, -0.05) is 32.1 Å². The molecule has 1 nitrogen and oxygen atoms in total. The highest BCUT2D eigenvalue weighted by atomic mass is 19.1. The number of alkyl halides is 1. The van der Waals surface area contributed by atoms with Crippen molar-refractivity contribution in [3.8, 4) is 0 Å². The molecule has 0 N–H and O–H groups in total. The molecule has 1 aliphatic rings. The lowest BCUT2D eigenvalue weighted by Gasteiger charge is -2.33. The second-order valence-corrected chi connectivity index (χ2v) is 4.90. The van der Waals surface area contributed by atoms with E-state index in [4.69, 9.17) is 4.74 Å². The molecule has 1 heterocycles. The van der Waals surface area contributed by atoms with E-state index in [0.717, 1.165) is 31.3 Å². The highest BCUT2D eigenvalue weighted by molar-refractivity contribution is 5.15. The molecule has 0 bridgehead atoms. The van der Waals surface area contributed by atoms with Gasteiger partial charge in [0.05, 0.1) is 18.9 Å². The predicted molar refractivity (Wildman–Crippen MR) is 70.9 cm³/mol. The monoisotopic (exact) mass is 240 g/mol. The van der Waals surface area contributed by atoms with Crippen LogP contribution in [0.3, 0.4) is 0 Å². The maximum absolute atomic E-state index is 12.8. The highest BCUT2D eigenvalue weighted by Gasteiger charge is 2.44. The first kappa shape index (κ1) is 14.4. The van der Waals surface area contributed by atoms with E-state index in [1.807, 2.05) is 6.92 Å². The zero-order valence-electron chi connectivity index (χ0n) is 11.2. The molecular formula is C15H25FO. The van der Waals surface area contributed by atoms with Gasteiger partial charge < -0.3 is 4.74 Å². The average Bonchev–Trinajstić information content (AvgIpc) is 2.59. The van der Waals surface area contributed by atoms with Gasteiger partial charge in [0.2, 0.25) is 0 Å². The maximum Gasteiger partial charge on any atom is 0.0922 e. The van der Waals surface area contributed by atoms with E-state index in [2.05, 4.69) is 25.7 Å². The van der Waals surface area contributed by atoms with Crippen LogP contribution >= 0.6 is 0 Å². The van der Waals surface area contributed by atoms with Gasteiger partial charge in [-0.25, -0.2) is 0 Å². The largest absolute Gasteiger partial charge is 0.370 e. The fourth-order valence-electron chi connectivity index (χ4n) is 2.91. The van der Waals surface area contributed by atoms with Crippen LogP contribution in [0.4, 0.5) is 4.39 Å². The Balaban J connectivity index is 2.74. The Kier molecular flexibility index (Phi) is 5.90. The van der Waals surface area contributed by atoms with Crippen molar-refractivity contribution in [3.05, 3.63) is 24.3 Å². The molecule has 17 heavy (non-hydrogen) atoms. The topological polar surface area (TPSA) is 9.23 Å². The van der Waals surface area contributed by atoms with Gasteiger partial charge in [0, 0.05) is 12.3 Å². The molecule has 1 saturated heterocycles. The second kappa shape index (κ2) is 6.95. The second-order valence-electron chi connectivity index (χ2n) is 4.90. The summed E-state index contributed by atoms with van der Waals surface area (Å²) in [5.41, 5.74) is 0.874. The van der Waals surface area contributed by atoms with Gasteiger partial charge in [0.25, 0.3) is 0 Å². The van der Waals surface area contributed by atoms with E-state index in [-0.39, 0.29) is 12.3 Å². The Morgan fingerprint density at radius 3 is 2.88 bits per heavy atom. The molecule has 1 fully saturated rings. The molecule has 0 radical (unpaired) electrons. The normalized spacial score (nSPS) is 29.4. The van der Waals surface area contributed by atoms with E-state index < -0.39 is 0 Å². The minimum absolute atomic E-state index is 0.276. The Hall–Kier alpha value is -0.630. The summed E-state index contributed by atoms with van der Waals surface area (Å²) >= 11 is 0. The fraction of sp³-hybridized carbons (Fsp3) is 0.733. The molecule has 0 spiro atoms. The molecular weight excluding hydrogens is 215 g/mol. The third-order valence-corrected chi connectivity index (χ3v) is 3.72. The summed E-state index contributed by atoms with van der Waals surface area (Å²) in [6.45, 7) is 8.58. The van der Waals surface area contributed by atoms with Crippen molar-refractivity contribution in [2.45, 2.75) is 51.6 Å². The number of hydrogen-bond acceptors (Lipinski definition) is 1. The fourth-order valence-corrected chi connectivity index (χ4v) is 2.91. The summed E-state index contributed by atoms with van der Waals surface area (Å²) in [6.07, 6.45) is 8.78. The standard InChI is InChI=1S/C15H25FO/c1-4-6-7-8-14-13(3)12-17-15(14,9-5-2)10-11-16/h4,6,14H,3,5,7-12H2,1-2H3/b6-4-. The van der Waals surface area contributed by atoms with Gasteiger partial charge in [0.1, 0.15) is 0 Å². The van der Waals surface area contributed by atoms with Crippen molar-refractivity contribution in [2.24, 2.45) is 5.92 Å². The number of allylic oxidation sites excluding steroid dienone is 2. The van der Waals surface area contributed by atoms with Crippen molar-refractivity contribution >= 4 is 0 Å². The van der Waals surface area contributed by atoms with E-state index in [1.165, 1.54) is 0 Å². The van der Waals surface area contributed by atoms with Gasteiger partial charge in [-0.3, -0.25) is 4.39 Å². The Morgan fingerprint density at radius 2 is 2.29 bits per heavy atom. The molecule has 1 rings (SSSR count). The molecule has 1 aliphatic heterocycles. The first-order chi connectivity index (χ1) is 8.20. The van der Waals surface area contributed by atoms with Crippen molar-refractivity contribution in [1.82, 2.24) is 0 Å². The quantitative estimate of drug-likeness (QED) is 0.598. The Labute approximate surface area is 105 Å². The minimum Gasteiger partial charge on any atom is -0.370 e. The lowest BCUT2D eigenvalue weighted by Crippen LogP contribution is -2.36. The maximum atomic E-state index is 12.8. The van der Waals surface area contributed by atoms with Crippen LogP contribution in [-0.2, 0) is 4.74 Å². The van der Waals surface area contributed by atoms with Gasteiger partial charge in [-0.15, -0.1) is 0 Å². The molecule has 2 heteroatoms. The number of rotatable bonds is 7. The molecule has 0 aromatic heterocycles. The molecule has 0 amide bonds. The van der Waals surface area contributed by atoms with E-state index in [0.29, 0.717) is 18.9 Å². The molecule has 0 aromatic carbocycles. The smallest absolute Gasteiger partial charge is 0.0922 e. The van der Waals surface area contributed by atoms with Crippen LogP contribution in [0, 0.1) is 5.92 Å². The first-order valence-electron chi connectivity index (χ1n) is 6.69. The zero-order chi connectivity index (χ0) is 12.7. The predicted octanol–water partition coefficient (Wildman–Crippen LogP) is 4.44. The SMILES string of the molecule is C=C1COC(CCC)(CCF)C1CC/C=C\C. The van der Waals surface area contributed by atoms with Crippen LogP contribution in [-0.4, -0.2) is 18.9 Å². The van der Waals surface area contributed by atoms with Crippen LogP contribution in [0.15, 0.2) is 24.3 Å². The van der Waals surface area contributed by atoms with E-state index >= 15 is 0 Å². The Morgan fingerprint density at radius 1 is 1.53 bits per heavy atom. The first-order valence-corrected chi connectivity index (χ1v) is 6.69. The molecule has 0 saturated carbocycles. The van der Waals surface area contributed by atoms with Gasteiger partial charge in [0.15, 0.2) is 0 Å². The summed E-state index contributed by atoms with van der Waals surface area (Å²) < 4.78 is 18.7. The summed E-state index contributed by atoms with van der Waals surface area (Å²) in [5.74, 6) is 0.328. The highest BCUT2D eigenvalue weighted by Crippen LogP contribution is 2.43. The number of halogens is 1. The number of ether oxygens (including phenoxy) is 1.